The Morgan fingerprint density at radius 1 is 1.35 bits per heavy atom. The van der Waals surface area contributed by atoms with Crippen molar-refractivity contribution in [1.82, 2.24) is 9.97 Å². The van der Waals surface area contributed by atoms with Gasteiger partial charge in [0.25, 0.3) is 0 Å². The molecule has 5 heteroatoms. The zero-order chi connectivity index (χ0) is 12.1. The van der Waals surface area contributed by atoms with E-state index in [4.69, 9.17) is 10.5 Å². The summed E-state index contributed by atoms with van der Waals surface area (Å²) in [5.41, 5.74) is 5.79. The zero-order valence-corrected chi connectivity index (χ0v) is 10.2. The van der Waals surface area contributed by atoms with Gasteiger partial charge in [-0.3, -0.25) is 0 Å². The smallest absolute Gasteiger partial charge is 0.223 e. The molecule has 1 fully saturated rings. The molecule has 1 aliphatic carbocycles. The van der Waals surface area contributed by atoms with Gasteiger partial charge in [0, 0.05) is 6.04 Å². The highest BCUT2D eigenvalue weighted by atomic mass is 16.5. The summed E-state index contributed by atoms with van der Waals surface area (Å²) < 4.78 is 5.03. The molecule has 0 saturated heterocycles. The number of rotatable bonds is 4. The molecule has 94 valence electrons. The third kappa shape index (κ3) is 3.06. The van der Waals surface area contributed by atoms with Crippen molar-refractivity contribution in [2.24, 2.45) is 11.7 Å². The van der Waals surface area contributed by atoms with Crippen molar-refractivity contribution in [1.29, 1.82) is 0 Å². The molecule has 0 bridgehead atoms. The molecule has 2 unspecified atom stereocenters. The Kier molecular flexibility index (Phi) is 4.14. The van der Waals surface area contributed by atoms with Gasteiger partial charge in [-0.2, -0.15) is 0 Å². The number of anilines is 1. The van der Waals surface area contributed by atoms with Gasteiger partial charge in [-0.15, -0.1) is 0 Å². The lowest BCUT2D eigenvalue weighted by molar-refractivity contribution is 0.331. The van der Waals surface area contributed by atoms with Crippen LogP contribution in [0.1, 0.15) is 25.7 Å². The molecule has 2 atom stereocenters. The predicted molar refractivity (Wildman–Crippen MR) is 67.0 cm³/mol. The van der Waals surface area contributed by atoms with Crippen molar-refractivity contribution in [2.45, 2.75) is 31.7 Å². The predicted octanol–water partition coefficient (Wildman–Crippen LogP) is 1.41. The van der Waals surface area contributed by atoms with Crippen molar-refractivity contribution in [2.75, 3.05) is 19.0 Å². The van der Waals surface area contributed by atoms with Crippen molar-refractivity contribution in [3.8, 4) is 5.75 Å². The van der Waals surface area contributed by atoms with Crippen LogP contribution in [-0.4, -0.2) is 29.7 Å². The molecule has 1 aromatic heterocycles. The molecule has 2 rings (SSSR count). The van der Waals surface area contributed by atoms with Crippen molar-refractivity contribution in [3.05, 3.63) is 12.4 Å². The fraction of sp³-hybridized carbons (Fsp3) is 0.667. The average Bonchev–Trinajstić information content (AvgIpc) is 2.40. The van der Waals surface area contributed by atoms with Crippen molar-refractivity contribution in [3.63, 3.8) is 0 Å². The fourth-order valence-corrected chi connectivity index (χ4v) is 2.34. The number of hydrogen-bond acceptors (Lipinski definition) is 5. The van der Waals surface area contributed by atoms with Gasteiger partial charge in [-0.05, 0) is 25.3 Å². The number of methoxy groups -OCH3 is 1. The Morgan fingerprint density at radius 3 is 2.71 bits per heavy atom. The van der Waals surface area contributed by atoms with E-state index in [0.29, 0.717) is 23.7 Å². The normalized spacial score (nSPS) is 24.4. The van der Waals surface area contributed by atoms with E-state index in [-0.39, 0.29) is 0 Å². The van der Waals surface area contributed by atoms with Gasteiger partial charge in [-0.25, -0.2) is 9.97 Å². The highest BCUT2D eigenvalue weighted by Crippen LogP contribution is 2.25. The maximum atomic E-state index is 5.79. The first-order chi connectivity index (χ1) is 8.33. The Bertz CT molecular complexity index is 341. The highest BCUT2D eigenvalue weighted by molar-refractivity contribution is 5.28. The molecular weight excluding hydrogens is 216 g/mol. The van der Waals surface area contributed by atoms with E-state index in [1.54, 1.807) is 19.5 Å². The summed E-state index contributed by atoms with van der Waals surface area (Å²) in [5, 5.41) is 3.38. The number of aromatic nitrogens is 2. The van der Waals surface area contributed by atoms with Crippen LogP contribution in [0.3, 0.4) is 0 Å². The van der Waals surface area contributed by atoms with Crippen LogP contribution in [0, 0.1) is 5.92 Å². The van der Waals surface area contributed by atoms with Crippen LogP contribution in [0.15, 0.2) is 12.4 Å². The first-order valence-corrected chi connectivity index (χ1v) is 6.16. The topological polar surface area (TPSA) is 73.1 Å². The minimum atomic E-state index is 0.405. The Labute approximate surface area is 102 Å². The summed E-state index contributed by atoms with van der Waals surface area (Å²) in [5.74, 6) is 1.88. The van der Waals surface area contributed by atoms with Gasteiger partial charge >= 0.3 is 0 Å². The maximum absolute atomic E-state index is 5.79. The maximum Gasteiger partial charge on any atom is 0.223 e. The molecule has 0 spiro atoms. The molecule has 3 N–H and O–H groups in total. The number of ether oxygens (including phenoxy) is 1. The van der Waals surface area contributed by atoms with E-state index >= 15 is 0 Å². The van der Waals surface area contributed by atoms with Crippen molar-refractivity contribution >= 4 is 5.95 Å². The van der Waals surface area contributed by atoms with Gasteiger partial charge in [-0.1, -0.05) is 12.8 Å². The quantitative estimate of drug-likeness (QED) is 0.827. The fourth-order valence-electron chi connectivity index (χ4n) is 2.34. The van der Waals surface area contributed by atoms with E-state index in [1.807, 2.05) is 0 Å². The van der Waals surface area contributed by atoms with Crippen LogP contribution in [0.2, 0.25) is 0 Å². The van der Waals surface area contributed by atoms with Crippen LogP contribution >= 0.6 is 0 Å². The van der Waals surface area contributed by atoms with Crippen LogP contribution < -0.4 is 15.8 Å². The number of nitrogens with two attached hydrogens (primary N) is 1. The van der Waals surface area contributed by atoms with Crippen LogP contribution in [0.5, 0.6) is 5.75 Å². The second-order valence-corrected chi connectivity index (χ2v) is 4.48. The van der Waals surface area contributed by atoms with Gasteiger partial charge in [0.05, 0.1) is 19.5 Å². The average molecular weight is 236 g/mol. The molecule has 1 saturated carbocycles. The summed E-state index contributed by atoms with van der Waals surface area (Å²) in [4.78, 5) is 8.45. The minimum absolute atomic E-state index is 0.405. The molecule has 0 aromatic carbocycles. The van der Waals surface area contributed by atoms with Gasteiger partial charge < -0.3 is 15.8 Å². The first kappa shape index (κ1) is 12.1. The largest absolute Gasteiger partial charge is 0.494 e. The Hall–Kier alpha value is -1.36. The van der Waals surface area contributed by atoms with Crippen LogP contribution in [0.4, 0.5) is 5.95 Å². The zero-order valence-electron chi connectivity index (χ0n) is 10.2. The molecule has 0 aliphatic heterocycles. The van der Waals surface area contributed by atoms with Gasteiger partial charge in [0.1, 0.15) is 0 Å². The standard InChI is InChI=1S/C12H20N4O/c1-17-10-7-14-12(15-8-10)16-11-5-3-2-4-9(11)6-13/h7-9,11H,2-6,13H2,1H3,(H,14,15,16). The first-order valence-electron chi connectivity index (χ1n) is 6.16. The third-order valence-electron chi connectivity index (χ3n) is 3.39. The summed E-state index contributed by atoms with van der Waals surface area (Å²) >= 11 is 0. The molecule has 17 heavy (non-hydrogen) atoms. The number of nitrogens with one attached hydrogen (secondary N) is 1. The lowest BCUT2D eigenvalue weighted by atomic mass is 9.84. The van der Waals surface area contributed by atoms with Crippen LogP contribution in [0.25, 0.3) is 0 Å². The molecule has 5 nitrogen and oxygen atoms in total. The van der Waals surface area contributed by atoms with E-state index in [1.165, 1.54) is 19.3 Å². The van der Waals surface area contributed by atoms with E-state index in [0.717, 1.165) is 13.0 Å². The summed E-state index contributed by atoms with van der Waals surface area (Å²) in [6.45, 7) is 0.730. The van der Waals surface area contributed by atoms with Gasteiger partial charge in [0.2, 0.25) is 5.95 Å². The second kappa shape index (κ2) is 5.82. The molecule has 1 heterocycles. The summed E-state index contributed by atoms with van der Waals surface area (Å²) in [7, 11) is 1.61. The summed E-state index contributed by atoms with van der Waals surface area (Å²) in [6, 6.07) is 0.405. The Balaban J connectivity index is 1.98. The third-order valence-corrected chi connectivity index (χ3v) is 3.39. The molecule has 0 amide bonds. The van der Waals surface area contributed by atoms with E-state index in [2.05, 4.69) is 15.3 Å². The minimum Gasteiger partial charge on any atom is -0.494 e. The molecule has 0 radical (unpaired) electrons. The van der Waals surface area contributed by atoms with E-state index < -0.39 is 0 Å². The lowest BCUT2D eigenvalue weighted by Crippen LogP contribution is -2.37. The van der Waals surface area contributed by atoms with Crippen molar-refractivity contribution < 1.29 is 4.74 Å². The summed E-state index contributed by atoms with van der Waals surface area (Å²) in [6.07, 6.45) is 8.24. The molecular formula is C12H20N4O. The molecule has 1 aromatic rings. The van der Waals surface area contributed by atoms with Gasteiger partial charge in [0.15, 0.2) is 5.75 Å². The van der Waals surface area contributed by atoms with E-state index in [9.17, 15) is 0 Å². The highest BCUT2D eigenvalue weighted by Gasteiger charge is 2.24. The monoisotopic (exact) mass is 236 g/mol. The number of nitrogens with zero attached hydrogens (tertiary/aromatic N) is 2. The number of hydrogen-bond donors (Lipinski definition) is 2. The second-order valence-electron chi connectivity index (χ2n) is 4.48. The van der Waals surface area contributed by atoms with Crippen LogP contribution in [-0.2, 0) is 0 Å². The Morgan fingerprint density at radius 2 is 2.06 bits per heavy atom. The lowest BCUT2D eigenvalue weighted by Gasteiger charge is -2.31. The SMILES string of the molecule is COc1cnc(NC2CCCCC2CN)nc1. The molecule has 1 aliphatic rings.